The van der Waals surface area contributed by atoms with Crippen LogP contribution < -0.4 is 0 Å². The van der Waals surface area contributed by atoms with E-state index in [4.69, 9.17) is 9.36 Å². The highest BCUT2D eigenvalue weighted by Crippen LogP contribution is 2.58. The lowest BCUT2D eigenvalue weighted by molar-refractivity contribution is 0.0556. The van der Waals surface area contributed by atoms with E-state index in [0.717, 1.165) is 6.42 Å². The maximum absolute atomic E-state index is 5.74. The van der Waals surface area contributed by atoms with Crippen LogP contribution in [0.15, 0.2) is 15.9 Å². The first-order valence-electron chi connectivity index (χ1n) is 7.57. The van der Waals surface area contributed by atoms with Crippen molar-refractivity contribution in [3.63, 3.8) is 0 Å². The molecule has 1 spiro atoms. The van der Waals surface area contributed by atoms with Crippen molar-refractivity contribution in [2.24, 2.45) is 17.0 Å². The van der Waals surface area contributed by atoms with E-state index in [1.807, 2.05) is 6.26 Å². The molecule has 0 saturated heterocycles. The predicted molar refractivity (Wildman–Crippen MR) is 68.9 cm³/mol. The van der Waals surface area contributed by atoms with Crippen molar-refractivity contribution in [2.75, 3.05) is 0 Å². The maximum atomic E-state index is 5.74. The van der Waals surface area contributed by atoms with E-state index < -0.39 is 0 Å². The van der Waals surface area contributed by atoms with Crippen LogP contribution in [-0.2, 0) is 16.7 Å². The predicted octanol–water partition coefficient (Wildman–Crippen LogP) is 2.82. The minimum absolute atomic E-state index is 0.0560. The fraction of sp³-hybridized carbons (Fsp3) is 0.733. The molecule has 4 aliphatic rings. The molecule has 4 heteroatoms. The van der Waals surface area contributed by atoms with E-state index in [-0.39, 0.29) is 5.41 Å². The van der Waals surface area contributed by atoms with Gasteiger partial charge in [0.2, 0.25) is 0 Å². The molecule has 1 aliphatic heterocycles. The van der Waals surface area contributed by atoms with Gasteiger partial charge in [-0.2, -0.15) is 0 Å². The van der Waals surface area contributed by atoms with Crippen LogP contribution in [0.3, 0.4) is 0 Å². The summed E-state index contributed by atoms with van der Waals surface area (Å²) >= 11 is 0. The summed E-state index contributed by atoms with van der Waals surface area (Å²) in [5, 5.41) is 8.92. The van der Waals surface area contributed by atoms with Crippen molar-refractivity contribution in [2.45, 2.75) is 56.5 Å². The molecule has 3 aliphatic carbocycles. The molecule has 0 radical (unpaired) electrons. The van der Waals surface area contributed by atoms with Crippen molar-refractivity contribution >= 4 is 5.71 Å². The van der Waals surface area contributed by atoms with Crippen molar-refractivity contribution in [1.82, 2.24) is 5.16 Å². The minimum atomic E-state index is 0.0560. The largest absolute Gasteiger partial charge is 0.392 e. The number of nitrogens with zero attached hydrogens (tertiary/aromatic N) is 2. The zero-order chi connectivity index (χ0) is 12.4. The Morgan fingerprint density at radius 1 is 1.26 bits per heavy atom. The van der Waals surface area contributed by atoms with Crippen LogP contribution in [0.5, 0.6) is 0 Å². The van der Waals surface area contributed by atoms with Gasteiger partial charge < -0.3 is 9.36 Å². The summed E-state index contributed by atoms with van der Waals surface area (Å²) < 4.78 is 5.29. The maximum Gasteiger partial charge on any atom is 0.135 e. The van der Waals surface area contributed by atoms with Crippen molar-refractivity contribution in [3.05, 3.63) is 17.5 Å². The van der Waals surface area contributed by atoms with Crippen molar-refractivity contribution < 1.29 is 9.36 Å². The second kappa shape index (κ2) is 3.41. The quantitative estimate of drug-likeness (QED) is 0.719. The molecular formula is C15H18N2O2. The SMILES string of the molecule is c1onc2c1CCC[C@]21C2=NO[C@@H]3CCC[C@H]1C[C@H]23. The molecule has 0 amide bonds. The number of hydrogen-bond donors (Lipinski definition) is 0. The fourth-order valence-electron chi connectivity index (χ4n) is 5.14. The molecule has 1 aromatic heterocycles. The van der Waals surface area contributed by atoms with E-state index in [2.05, 4.69) is 10.3 Å². The number of aryl methyl sites for hydroxylation is 1. The summed E-state index contributed by atoms with van der Waals surface area (Å²) in [4.78, 5) is 5.74. The lowest BCUT2D eigenvalue weighted by atomic mass is 9.64. The molecule has 2 fully saturated rings. The summed E-state index contributed by atoms with van der Waals surface area (Å²) in [6.45, 7) is 0. The number of hydrogen-bond acceptors (Lipinski definition) is 4. The zero-order valence-electron chi connectivity index (χ0n) is 11.0. The van der Waals surface area contributed by atoms with E-state index in [1.54, 1.807) is 0 Å². The summed E-state index contributed by atoms with van der Waals surface area (Å²) in [5.74, 6) is 1.25. The molecule has 5 rings (SSSR count). The Morgan fingerprint density at radius 3 is 3.26 bits per heavy atom. The highest BCUT2D eigenvalue weighted by molar-refractivity contribution is 6.00. The molecule has 19 heavy (non-hydrogen) atoms. The average Bonchev–Trinajstić information content (AvgIpc) is 3.07. The Labute approximate surface area is 112 Å². The molecule has 1 aromatic rings. The summed E-state index contributed by atoms with van der Waals surface area (Å²) in [6.07, 6.45) is 10.7. The molecule has 4 atom stereocenters. The van der Waals surface area contributed by atoms with Gasteiger partial charge >= 0.3 is 0 Å². The third-order valence-corrected chi connectivity index (χ3v) is 5.90. The Kier molecular flexibility index (Phi) is 1.88. The first-order chi connectivity index (χ1) is 9.39. The van der Waals surface area contributed by atoms with E-state index in [0.29, 0.717) is 17.9 Å². The lowest BCUT2D eigenvalue weighted by Gasteiger charge is -2.37. The molecule has 4 nitrogen and oxygen atoms in total. The van der Waals surface area contributed by atoms with Gasteiger partial charge in [-0.3, -0.25) is 0 Å². The highest BCUT2D eigenvalue weighted by atomic mass is 16.6. The monoisotopic (exact) mass is 258 g/mol. The van der Waals surface area contributed by atoms with Crippen molar-refractivity contribution in [1.29, 1.82) is 0 Å². The van der Waals surface area contributed by atoms with E-state index in [9.17, 15) is 0 Å². The molecule has 0 N–H and O–H groups in total. The number of aromatic nitrogens is 1. The summed E-state index contributed by atoms with van der Waals surface area (Å²) in [7, 11) is 0. The van der Waals surface area contributed by atoms with E-state index >= 15 is 0 Å². The van der Waals surface area contributed by atoms with Crippen molar-refractivity contribution in [3.8, 4) is 0 Å². The summed E-state index contributed by atoms with van der Waals surface area (Å²) in [5.41, 5.74) is 3.86. The number of fused-ring (bicyclic) bond motifs is 5. The van der Waals surface area contributed by atoms with Gasteiger partial charge in [-0.05, 0) is 50.9 Å². The molecule has 0 unspecified atom stereocenters. The molecule has 0 aromatic carbocycles. The average molecular weight is 258 g/mol. The van der Waals surface area contributed by atoms with Gasteiger partial charge in [-0.1, -0.05) is 10.3 Å². The van der Waals surface area contributed by atoms with Crippen LogP contribution in [0, 0.1) is 11.8 Å². The topological polar surface area (TPSA) is 47.6 Å². The molecular weight excluding hydrogens is 240 g/mol. The van der Waals surface area contributed by atoms with Crippen LogP contribution in [-0.4, -0.2) is 17.0 Å². The van der Waals surface area contributed by atoms with Gasteiger partial charge in [-0.25, -0.2) is 0 Å². The van der Waals surface area contributed by atoms with Crippen LogP contribution in [0.25, 0.3) is 0 Å². The lowest BCUT2D eigenvalue weighted by Crippen LogP contribution is -2.42. The third kappa shape index (κ3) is 1.12. The van der Waals surface area contributed by atoms with Gasteiger partial charge in [0.15, 0.2) is 0 Å². The van der Waals surface area contributed by atoms with Crippen LogP contribution in [0.1, 0.15) is 49.8 Å². The Morgan fingerprint density at radius 2 is 2.26 bits per heavy atom. The van der Waals surface area contributed by atoms with Gasteiger partial charge in [0.1, 0.15) is 12.4 Å². The molecule has 2 heterocycles. The Bertz CT molecular complexity index is 564. The van der Waals surface area contributed by atoms with Gasteiger partial charge in [0, 0.05) is 11.5 Å². The molecule has 100 valence electrons. The first-order valence-corrected chi connectivity index (χ1v) is 7.57. The molecule has 2 saturated carbocycles. The molecule has 2 bridgehead atoms. The minimum Gasteiger partial charge on any atom is -0.392 e. The first kappa shape index (κ1) is 10.5. The van der Waals surface area contributed by atoms with Gasteiger partial charge in [0.05, 0.1) is 16.8 Å². The number of rotatable bonds is 0. The van der Waals surface area contributed by atoms with E-state index in [1.165, 1.54) is 55.5 Å². The Hall–Kier alpha value is -1.32. The summed E-state index contributed by atoms with van der Waals surface area (Å²) in [6, 6.07) is 0. The third-order valence-electron chi connectivity index (χ3n) is 5.90. The Balaban J connectivity index is 1.73. The van der Waals surface area contributed by atoms with Gasteiger partial charge in [0.25, 0.3) is 0 Å². The second-order valence-electron chi connectivity index (χ2n) is 6.60. The normalized spacial score (nSPS) is 42.7. The number of oxime groups is 1. The fourth-order valence-corrected chi connectivity index (χ4v) is 5.14. The van der Waals surface area contributed by atoms with Crippen LogP contribution in [0.2, 0.25) is 0 Å². The second-order valence-corrected chi connectivity index (χ2v) is 6.60. The van der Waals surface area contributed by atoms with Crippen LogP contribution in [0.4, 0.5) is 0 Å². The smallest absolute Gasteiger partial charge is 0.135 e. The highest BCUT2D eigenvalue weighted by Gasteiger charge is 2.61. The standard InChI is InChI=1S/C15H18N2O2/c1-4-10-7-11-12(5-1)19-17-14(11)15(10)6-2-3-9-8-18-16-13(9)15/h8,10-12H,1-7H2/t10-,11-,12+,15+/m0/s1. The van der Waals surface area contributed by atoms with Gasteiger partial charge in [-0.15, -0.1) is 0 Å². The zero-order valence-corrected chi connectivity index (χ0v) is 11.0. The van der Waals surface area contributed by atoms with Crippen LogP contribution >= 0.6 is 0 Å².